The summed E-state index contributed by atoms with van der Waals surface area (Å²) in [5.74, 6) is -0.0815. The van der Waals surface area contributed by atoms with Gasteiger partial charge in [0.25, 0.3) is 0 Å². The number of hydrogen-bond acceptors (Lipinski definition) is 6. The molecule has 1 heterocycles. The highest BCUT2D eigenvalue weighted by molar-refractivity contribution is 5.77. The van der Waals surface area contributed by atoms with E-state index in [0.717, 1.165) is 11.3 Å². The molecule has 0 radical (unpaired) electrons. The number of carbonyl (C=O) groups is 2. The highest BCUT2D eigenvalue weighted by Gasteiger charge is 2.26. The van der Waals surface area contributed by atoms with Crippen molar-refractivity contribution in [3.63, 3.8) is 0 Å². The molecule has 2 rings (SSSR count). The standard InChI is InChI=1S/C22H29N3O5/c1-28-15-6-9-19(10-16-29-2)24-11-13-25(14-12-24)21(26)17-20(30-22(23)27)18-7-4-3-5-8-18/h3-10,15-16,20H,11-14,17H2,1-2H3,(H2,23,27)/t20-/m0/s1. The van der Waals surface area contributed by atoms with E-state index in [1.807, 2.05) is 42.5 Å². The maximum Gasteiger partial charge on any atom is 0.405 e. The molecule has 0 saturated carbocycles. The van der Waals surface area contributed by atoms with Gasteiger partial charge < -0.3 is 29.7 Å². The van der Waals surface area contributed by atoms with Gasteiger partial charge in [-0.3, -0.25) is 4.79 Å². The van der Waals surface area contributed by atoms with E-state index in [-0.39, 0.29) is 12.3 Å². The minimum Gasteiger partial charge on any atom is -0.504 e. The number of hydrogen-bond donors (Lipinski definition) is 1. The molecule has 1 fully saturated rings. The Morgan fingerprint density at radius 1 is 1.03 bits per heavy atom. The van der Waals surface area contributed by atoms with Crippen molar-refractivity contribution >= 4 is 12.0 Å². The maximum absolute atomic E-state index is 12.8. The SMILES string of the molecule is COC=CC=C(C=COC)N1CCN(C(=O)C[C@H](OC(N)=O)c2ccccc2)CC1. The minimum absolute atomic E-state index is 0.0514. The first-order valence-electron chi connectivity index (χ1n) is 9.68. The van der Waals surface area contributed by atoms with Crippen LogP contribution in [0.4, 0.5) is 4.79 Å². The van der Waals surface area contributed by atoms with E-state index in [1.165, 1.54) is 0 Å². The number of ether oxygens (including phenoxy) is 3. The molecule has 0 aromatic heterocycles. The van der Waals surface area contributed by atoms with Crippen molar-refractivity contribution in [2.24, 2.45) is 5.73 Å². The lowest BCUT2D eigenvalue weighted by atomic mass is 10.1. The normalized spacial score (nSPS) is 16.0. The van der Waals surface area contributed by atoms with E-state index in [9.17, 15) is 9.59 Å². The Morgan fingerprint density at radius 3 is 2.27 bits per heavy atom. The number of benzene rings is 1. The summed E-state index contributed by atoms with van der Waals surface area (Å²) in [5, 5.41) is 0. The molecule has 1 aliphatic rings. The van der Waals surface area contributed by atoms with Crippen LogP contribution in [0.5, 0.6) is 0 Å². The lowest BCUT2D eigenvalue weighted by molar-refractivity contribution is -0.134. The third kappa shape index (κ3) is 7.20. The molecule has 2 N–H and O–H groups in total. The second kappa shape index (κ2) is 12.2. The first-order valence-corrected chi connectivity index (χ1v) is 9.68. The Morgan fingerprint density at radius 2 is 1.67 bits per heavy atom. The van der Waals surface area contributed by atoms with E-state index in [4.69, 9.17) is 19.9 Å². The number of allylic oxidation sites excluding steroid dienone is 3. The number of nitrogens with two attached hydrogens (primary N) is 1. The average molecular weight is 415 g/mol. The zero-order chi connectivity index (χ0) is 21.8. The van der Waals surface area contributed by atoms with Crippen LogP contribution in [0.3, 0.4) is 0 Å². The van der Waals surface area contributed by atoms with Gasteiger partial charge in [-0.25, -0.2) is 4.79 Å². The average Bonchev–Trinajstić information content (AvgIpc) is 2.76. The summed E-state index contributed by atoms with van der Waals surface area (Å²) >= 11 is 0. The van der Waals surface area contributed by atoms with Crippen molar-refractivity contribution in [3.05, 3.63) is 72.3 Å². The summed E-state index contributed by atoms with van der Waals surface area (Å²) in [7, 11) is 3.18. The summed E-state index contributed by atoms with van der Waals surface area (Å²) in [6.07, 6.45) is 7.23. The van der Waals surface area contributed by atoms with Crippen LogP contribution in [0.1, 0.15) is 18.1 Å². The van der Waals surface area contributed by atoms with Crippen LogP contribution in [0, 0.1) is 0 Å². The maximum atomic E-state index is 12.8. The molecule has 30 heavy (non-hydrogen) atoms. The summed E-state index contributed by atoms with van der Waals surface area (Å²) in [4.78, 5) is 28.0. The molecule has 1 saturated heterocycles. The summed E-state index contributed by atoms with van der Waals surface area (Å²) in [6.45, 7) is 2.45. The Kier molecular flexibility index (Phi) is 9.30. The van der Waals surface area contributed by atoms with Gasteiger partial charge in [0.2, 0.25) is 5.91 Å². The van der Waals surface area contributed by atoms with E-state index in [2.05, 4.69) is 4.90 Å². The van der Waals surface area contributed by atoms with Gasteiger partial charge in [-0.15, -0.1) is 0 Å². The quantitative estimate of drug-likeness (QED) is 0.492. The Labute approximate surface area is 177 Å². The Balaban J connectivity index is 1.99. The zero-order valence-electron chi connectivity index (χ0n) is 17.4. The first kappa shape index (κ1) is 22.9. The third-order valence-electron chi connectivity index (χ3n) is 4.64. The van der Waals surface area contributed by atoms with Crippen LogP contribution in [-0.2, 0) is 19.0 Å². The van der Waals surface area contributed by atoms with E-state index in [1.54, 1.807) is 37.7 Å². The number of primary amides is 1. The second-order valence-corrected chi connectivity index (χ2v) is 6.60. The van der Waals surface area contributed by atoms with Crippen molar-refractivity contribution in [3.8, 4) is 0 Å². The number of rotatable bonds is 9. The molecule has 1 aliphatic heterocycles. The van der Waals surface area contributed by atoms with Crippen LogP contribution in [0.25, 0.3) is 0 Å². The van der Waals surface area contributed by atoms with Crippen LogP contribution in [0.2, 0.25) is 0 Å². The van der Waals surface area contributed by atoms with Crippen LogP contribution in [0.15, 0.2) is 66.8 Å². The van der Waals surface area contributed by atoms with Crippen LogP contribution >= 0.6 is 0 Å². The largest absolute Gasteiger partial charge is 0.504 e. The first-order chi connectivity index (χ1) is 14.5. The van der Waals surface area contributed by atoms with E-state index in [0.29, 0.717) is 26.2 Å². The predicted molar refractivity (Wildman–Crippen MR) is 113 cm³/mol. The number of piperazine rings is 1. The molecule has 2 amide bonds. The van der Waals surface area contributed by atoms with Crippen molar-refractivity contribution in [1.29, 1.82) is 0 Å². The van der Waals surface area contributed by atoms with Gasteiger partial charge >= 0.3 is 6.09 Å². The minimum atomic E-state index is -0.898. The van der Waals surface area contributed by atoms with Gasteiger partial charge in [-0.1, -0.05) is 30.3 Å². The lowest BCUT2D eigenvalue weighted by Gasteiger charge is -2.37. The fourth-order valence-corrected chi connectivity index (χ4v) is 3.16. The van der Waals surface area contributed by atoms with Gasteiger partial charge in [0.1, 0.15) is 6.10 Å². The third-order valence-corrected chi connectivity index (χ3v) is 4.64. The highest BCUT2D eigenvalue weighted by Crippen LogP contribution is 2.23. The van der Waals surface area contributed by atoms with Crippen molar-refractivity contribution in [2.45, 2.75) is 12.5 Å². The number of methoxy groups -OCH3 is 2. The number of nitrogens with zero attached hydrogens (tertiary/aromatic N) is 2. The zero-order valence-corrected chi connectivity index (χ0v) is 17.4. The molecule has 0 unspecified atom stereocenters. The predicted octanol–water partition coefficient (Wildman–Crippen LogP) is 2.56. The molecule has 1 aromatic rings. The van der Waals surface area contributed by atoms with Gasteiger partial charge in [-0.2, -0.15) is 0 Å². The molecule has 162 valence electrons. The second-order valence-electron chi connectivity index (χ2n) is 6.60. The van der Waals surface area contributed by atoms with Crippen molar-refractivity contribution < 1.29 is 23.8 Å². The van der Waals surface area contributed by atoms with Crippen molar-refractivity contribution in [1.82, 2.24) is 9.80 Å². The number of carbonyl (C=O) groups excluding carboxylic acids is 2. The molecule has 0 aliphatic carbocycles. The Hall–Kier alpha value is -3.42. The molecule has 0 spiro atoms. The molecule has 0 bridgehead atoms. The fourth-order valence-electron chi connectivity index (χ4n) is 3.16. The van der Waals surface area contributed by atoms with Crippen LogP contribution in [-0.4, -0.2) is 62.2 Å². The van der Waals surface area contributed by atoms with Gasteiger partial charge in [0, 0.05) is 31.9 Å². The summed E-state index contributed by atoms with van der Waals surface area (Å²) in [6, 6.07) is 9.14. The summed E-state index contributed by atoms with van der Waals surface area (Å²) < 4.78 is 15.1. The van der Waals surface area contributed by atoms with Gasteiger partial charge in [-0.05, 0) is 23.8 Å². The molecule has 1 atom stereocenters. The summed E-state index contributed by atoms with van der Waals surface area (Å²) in [5.41, 5.74) is 6.89. The fraction of sp³-hybridized carbons (Fsp3) is 0.364. The molecule has 8 nitrogen and oxygen atoms in total. The topological polar surface area (TPSA) is 94.3 Å². The highest BCUT2D eigenvalue weighted by atomic mass is 16.6. The molecular formula is C22H29N3O5. The Bertz CT molecular complexity index is 768. The van der Waals surface area contributed by atoms with Gasteiger partial charge in [0.05, 0.1) is 33.2 Å². The monoisotopic (exact) mass is 415 g/mol. The van der Waals surface area contributed by atoms with E-state index < -0.39 is 12.2 Å². The van der Waals surface area contributed by atoms with Crippen molar-refractivity contribution in [2.75, 3.05) is 40.4 Å². The van der Waals surface area contributed by atoms with E-state index >= 15 is 0 Å². The smallest absolute Gasteiger partial charge is 0.405 e. The molecule has 1 aromatic carbocycles. The van der Waals surface area contributed by atoms with Gasteiger partial charge in [0.15, 0.2) is 0 Å². The molecular weight excluding hydrogens is 386 g/mol. The lowest BCUT2D eigenvalue weighted by Crippen LogP contribution is -2.48. The van der Waals surface area contributed by atoms with Crippen LogP contribution < -0.4 is 5.73 Å². The molecule has 8 heteroatoms. The number of amides is 2.